The van der Waals surface area contributed by atoms with Gasteiger partial charge in [-0.25, -0.2) is 0 Å². The number of fused-ring (bicyclic) bond motifs is 2. The molecular weight excluding hydrogens is 839 g/mol. The van der Waals surface area contributed by atoms with E-state index >= 15 is 9.13 Å². The van der Waals surface area contributed by atoms with Crippen molar-refractivity contribution in [3.8, 4) is 45.6 Å². The fraction of sp³-hybridized carbons (Fsp3) is 0.333. The summed E-state index contributed by atoms with van der Waals surface area (Å²) in [7, 11) is -7.77. The van der Waals surface area contributed by atoms with Crippen molar-refractivity contribution in [2.75, 3.05) is 13.2 Å². The van der Waals surface area contributed by atoms with Crippen LogP contribution >= 0.6 is 14.3 Å². The molecule has 0 aliphatic carbocycles. The highest BCUT2D eigenvalue weighted by Crippen LogP contribution is 2.62. The lowest BCUT2D eigenvalue weighted by Crippen LogP contribution is -2.30. The van der Waals surface area contributed by atoms with Crippen LogP contribution in [0.15, 0.2) is 84.9 Å². The van der Waals surface area contributed by atoms with Crippen LogP contribution in [0.2, 0.25) is 0 Å². The van der Waals surface area contributed by atoms with Gasteiger partial charge >= 0.3 is 0 Å². The molecule has 0 N–H and O–H groups in total. The molecule has 0 amide bonds. The third-order valence-electron chi connectivity index (χ3n) is 11.6. The van der Waals surface area contributed by atoms with Gasteiger partial charge in [-0.1, -0.05) is 68.8 Å². The van der Waals surface area contributed by atoms with Crippen molar-refractivity contribution in [2.45, 2.75) is 109 Å². The average molecular weight is 899 g/mol. The summed E-state index contributed by atoms with van der Waals surface area (Å²) in [4.78, 5) is 0. The predicted octanol–water partition coefficient (Wildman–Crippen LogP) is 10.9. The summed E-state index contributed by atoms with van der Waals surface area (Å²) >= 11 is 0. The van der Waals surface area contributed by atoms with Crippen LogP contribution in [0.3, 0.4) is 0 Å². The van der Waals surface area contributed by atoms with E-state index < -0.39 is 25.9 Å². The van der Waals surface area contributed by atoms with Crippen LogP contribution in [0.5, 0.6) is 34.5 Å². The van der Waals surface area contributed by atoms with E-state index in [0.717, 1.165) is 44.5 Å². The van der Waals surface area contributed by atoms with Crippen molar-refractivity contribution in [1.29, 1.82) is 0 Å². The van der Waals surface area contributed by atoms with Crippen molar-refractivity contribution in [2.24, 2.45) is 0 Å². The van der Waals surface area contributed by atoms with Crippen molar-refractivity contribution in [3.05, 3.63) is 129 Å². The molecule has 2 aliphatic heterocycles. The second-order valence-corrected chi connectivity index (χ2v) is 24.0. The lowest BCUT2D eigenvalue weighted by molar-refractivity contribution is -0.0450. The summed E-state index contributed by atoms with van der Waals surface area (Å²) in [5, 5.41) is 3.45. The molecule has 10 heteroatoms. The van der Waals surface area contributed by atoms with Gasteiger partial charge in [-0.2, -0.15) is 0 Å². The van der Waals surface area contributed by atoms with Crippen LogP contribution in [0.25, 0.3) is 11.1 Å². The van der Waals surface area contributed by atoms with Crippen LogP contribution in [-0.4, -0.2) is 24.8 Å². The average Bonchev–Trinajstić information content (AvgIpc) is 3.70. The van der Waals surface area contributed by atoms with Gasteiger partial charge in [-0.15, -0.1) is 0 Å². The van der Waals surface area contributed by atoms with Gasteiger partial charge < -0.3 is 37.6 Å². The summed E-state index contributed by atoms with van der Waals surface area (Å²) in [5.74, 6) is -0.265. The van der Waals surface area contributed by atoms with Gasteiger partial charge in [0.15, 0.2) is 37.3 Å². The summed E-state index contributed by atoms with van der Waals surface area (Å²) < 4.78 is 74.6. The van der Waals surface area contributed by atoms with E-state index in [4.69, 9.17) is 28.4 Å². The Bertz CT molecular complexity index is 2790. The molecule has 8 nitrogen and oxygen atoms in total. The number of hydrogen-bond donors (Lipinski definition) is 0. The minimum absolute atomic E-state index is 0.256. The van der Waals surface area contributed by atoms with Crippen LogP contribution in [0.4, 0.5) is 0 Å². The van der Waals surface area contributed by atoms with E-state index in [1.54, 1.807) is 0 Å². The van der Waals surface area contributed by atoms with Gasteiger partial charge in [0.2, 0.25) is 23.1 Å². The first-order valence-electron chi connectivity index (χ1n) is 22.1. The number of rotatable bonds is 11. The maximum absolute atomic E-state index is 17.3. The van der Waals surface area contributed by atoms with Crippen LogP contribution in [0, 0.1) is 55.4 Å². The zero-order chi connectivity index (χ0) is 46.3. The van der Waals surface area contributed by atoms with Gasteiger partial charge in [-0.05, 0) is 130 Å². The molecule has 0 bridgehead atoms. The molecule has 0 aromatic heterocycles. The predicted molar refractivity (Wildman–Crippen MR) is 262 cm³/mol. The monoisotopic (exact) mass is 898 g/mol. The summed E-state index contributed by atoms with van der Waals surface area (Å²) in [6.45, 7) is 27.9. The zero-order valence-electron chi connectivity index (χ0n) is 39.7. The molecule has 0 unspecified atom stereocenters. The number of ether oxygens (including phenoxy) is 6. The maximum atomic E-state index is 17.3. The standard InChI is InChI=1S/C54H60O8P2/c1-15-57-44-30-45(63(55,39-21-31(3)17-32(4)22-39)40-23-33(5)18-34(6)24-40)47(51-49(44)60-54(13,14)61-51)43-29-46(50(58-16-2)52-48(43)59-53(11,12)62-52)64(56,41-25-35(7)19-36(8)26-41)42-27-37(9)20-38(10)28-42/h17-30H,15-16H2,1-14H3. The Morgan fingerprint density at radius 1 is 0.422 bits per heavy atom. The molecule has 8 rings (SSSR count). The van der Waals surface area contributed by atoms with Crippen molar-refractivity contribution >= 4 is 46.1 Å². The molecule has 334 valence electrons. The molecule has 0 radical (unpaired) electrons. The summed E-state index contributed by atoms with van der Waals surface area (Å²) in [5.41, 5.74) is 8.71. The van der Waals surface area contributed by atoms with Gasteiger partial charge in [0, 0.05) is 65.3 Å². The van der Waals surface area contributed by atoms with Crippen LogP contribution in [0.1, 0.15) is 86.1 Å². The Balaban J connectivity index is 1.62. The molecule has 6 aromatic carbocycles. The topological polar surface area (TPSA) is 89.5 Å². The minimum Gasteiger partial charge on any atom is -0.490 e. The van der Waals surface area contributed by atoms with Crippen molar-refractivity contribution in [3.63, 3.8) is 0 Å². The fourth-order valence-corrected chi connectivity index (χ4v) is 15.9. The summed E-state index contributed by atoms with van der Waals surface area (Å²) in [6, 6.07) is 28.1. The molecule has 2 heterocycles. The molecule has 0 spiro atoms. The van der Waals surface area contributed by atoms with E-state index in [0.29, 0.717) is 84.1 Å². The number of aryl methyl sites for hydroxylation is 8. The highest BCUT2D eigenvalue weighted by atomic mass is 31.2. The largest absolute Gasteiger partial charge is 0.490 e. The molecule has 2 aliphatic rings. The van der Waals surface area contributed by atoms with Crippen molar-refractivity contribution in [1.82, 2.24) is 0 Å². The fourth-order valence-electron chi connectivity index (χ4n) is 9.49. The SMILES string of the molecule is CCOc1cc(P(=O)(c2cc(C)cc(C)c2)c2cc(C)cc(C)c2)c(-c2cc(P(=O)(c3cc(C)cc(C)c3)c3cc(C)cc(C)c3)c(OCC)c3c2OC(C)(C)O3)c2c1OC(C)(C)O2. The lowest BCUT2D eigenvalue weighted by Gasteiger charge is -2.28. The van der Waals surface area contributed by atoms with Gasteiger partial charge in [-0.3, -0.25) is 0 Å². The molecule has 0 saturated heterocycles. The van der Waals surface area contributed by atoms with Gasteiger partial charge in [0.05, 0.1) is 18.5 Å². The van der Waals surface area contributed by atoms with E-state index in [1.807, 2.05) is 158 Å². The summed E-state index contributed by atoms with van der Waals surface area (Å²) in [6.07, 6.45) is 0. The Morgan fingerprint density at radius 2 is 0.766 bits per heavy atom. The quantitative estimate of drug-likeness (QED) is 0.119. The van der Waals surface area contributed by atoms with Crippen LogP contribution < -0.4 is 60.2 Å². The third-order valence-corrected chi connectivity index (χ3v) is 17.5. The first-order chi connectivity index (χ1) is 30.1. The van der Waals surface area contributed by atoms with E-state index in [2.05, 4.69) is 24.3 Å². The number of hydrogen-bond acceptors (Lipinski definition) is 8. The zero-order valence-corrected chi connectivity index (χ0v) is 41.4. The Hall–Kier alpha value is -5.42. The van der Waals surface area contributed by atoms with E-state index in [9.17, 15) is 0 Å². The molecule has 0 atom stereocenters. The second kappa shape index (κ2) is 16.2. The normalized spacial score (nSPS) is 14.8. The Labute approximate surface area is 379 Å². The molecule has 0 fully saturated rings. The highest BCUT2D eigenvalue weighted by Gasteiger charge is 2.48. The minimum atomic E-state index is -3.90. The lowest BCUT2D eigenvalue weighted by atomic mass is 10.0. The van der Waals surface area contributed by atoms with Gasteiger partial charge in [0.25, 0.3) is 0 Å². The first kappa shape index (κ1) is 45.2. The Kier molecular flexibility index (Phi) is 11.5. The highest BCUT2D eigenvalue weighted by molar-refractivity contribution is 7.86. The van der Waals surface area contributed by atoms with Gasteiger partial charge in [0.1, 0.15) is 0 Å². The molecule has 64 heavy (non-hydrogen) atoms. The second-order valence-electron chi connectivity index (χ2n) is 18.5. The first-order valence-corrected chi connectivity index (χ1v) is 25.5. The Morgan fingerprint density at radius 3 is 1.16 bits per heavy atom. The number of benzene rings is 6. The molecular formula is C54H60O8P2. The third kappa shape index (κ3) is 7.92. The van der Waals surface area contributed by atoms with E-state index in [1.165, 1.54) is 0 Å². The smallest absolute Gasteiger partial charge is 0.246 e. The molecule has 0 saturated carbocycles. The van der Waals surface area contributed by atoms with E-state index in [-0.39, 0.29) is 6.61 Å². The van der Waals surface area contributed by atoms with Crippen molar-refractivity contribution < 1.29 is 37.6 Å². The maximum Gasteiger partial charge on any atom is 0.246 e. The van der Waals surface area contributed by atoms with Crippen LogP contribution in [-0.2, 0) is 9.13 Å². The molecule has 6 aromatic rings.